The second kappa shape index (κ2) is 7.76. The Morgan fingerprint density at radius 2 is 2.00 bits per heavy atom. The van der Waals surface area contributed by atoms with Crippen LogP contribution in [0.4, 0.5) is 0 Å². The van der Waals surface area contributed by atoms with Crippen molar-refractivity contribution in [2.75, 3.05) is 20.3 Å². The Balaban J connectivity index is 1.97. The summed E-state index contributed by atoms with van der Waals surface area (Å²) in [4.78, 5) is 4.23. The summed E-state index contributed by atoms with van der Waals surface area (Å²) in [6, 6.07) is 10.1. The lowest BCUT2D eigenvalue weighted by Crippen LogP contribution is -2.18. The number of pyridine rings is 1. The molecule has 112 valence electrons. The smallest absolute Gasteiger partial charge is 0.145 e. The molecule has 0 saturated carbocycles. The van der Waals surface area contributed by atoms with Gasteiger partial charge in [0, 0.05) is 25.9 Å². The zero-order chi connectivity index (χ0) is 15.1. The minimum Gasteiger partial charge on any atom is -0.455 e. The van der Waals surface area contributed by atoms with Crippen LogP contribution in [0.1, 0.15) is 16.8 Å². The van der Waals surface area contributed by atoms with Gasteiger partial charge < -0.3 is 14.8 Å². The summed E-state index contributed by atoms with van der Waals surface area (Å²) in [6.45, 7) is 6.41. The summed E-state index contributed by atoms with van der Waals surface area (Å²) < 4.78 is 10.9. The van der Waals surface area contributed by atoms with E-state index in [9.17, 15) is 0 Å². The first-order chi connectivity index (χ1) is 10.2. The number of hydrogen-bond acceptors (Lipinski definition) is 4. The predicted octanol–water partition coefficient (Wildman–Crippen LogP) is 3.23. The fourth-order valence-corrected chi connectivity index (χ4v) is 1.98. The van der Waals surface area contributed by atoms with Crippen molar-refractivity contribution in [3.63, 3.8) is 0 Å². The molecule has 1 aromatic carbocycles. The van der Waals surface area contributed by atoms with Crippen molar-refractivity contribution in [3.05, 3.63) is 53.3 Å². The van der Waals surface area contributed by atoms with Crippen LogP contribution in [-0.2, 0) is 11.3 Å². The zero-order valence-electron chi connectivity index (χ0n) is 12.8. The number of aromatic nitrogens is 1. The number of methoxy groups -OCH3 is 1. The van der Waals surface area contributed by atoms with Gasteiger partial charge in [-0.1, -0.05) is 12.1 Å². The van der Waals surface area contributed by atoms with Gasteiger partial charge in [0.15, 0.2) is 0 Å². The number of ether oxygens (including phenoxy) is 2. The van der Waals surface area contributed by atoms with Crippen LogP contribution in [0.3, 0.4) is 0 Å². The van der Waals surface area contributed by atoms with E-state index >= 15 is 0 Å². The highest BCUT2D eigenvalue weighted by Gasteiger charge is 2.03. The summed E-state index contributed by atoms with van der Waals surface area (Å²) in [5, 5.41) is 3.33. The maximum absolute atomic E-state index is 5.86. The molecule has 2 rings (SSSR count). The largest absolute Gasteiger partial charge is 0.455 e. The molecule has 0 bridgehead atoms. The van der Waals surface area contributed by atoms with E-state index < -0.39 is 0 Å². The third-order valence-electron chi connectivity index (χ3n) is 3.16. The number of aryl methyl sites for hydroxylation is 2. The van der Waals surface area contributed by atoms with Crippen LogP contribution in [0.5, 0.6) is 11.5 Å². The van der Waals surface area contributed by atoms with Crippen LogP contribution in [0, 0.1) is 13.8 Å². The minimum absolute atomic E-state index is 0.723. The van der Waals surface area contributed by atoms with Crippen molar-refractivity contribution >= 4 is 0 Å². The van der Waals surface area contributed by atoms with E-state index in [1.807, 2.05) is 25.1 Å². The van der Waals surface area contributed by atoms with Gasteiger partial charge in [-0.15, -0.1) is 0 Å². The molecule has 0 fully saturated rings. The lowest BCUT2D eigenvalue weighted by Gasteiger charge is -2.11. The Bertz CT molecular complexity index is 568. The first-order valence-corrected chi connectivity index (χ1v) is 7.09. The third-order valence-corrected chi connectivity index (χ3v) is 3.16. The summed E-state index contributed by atoms with van der Waals surface area (Å²) in [6.07, 6.45) is 1.75. The monoisotopic (exact) mass is 286 g/mol. The number of rotatable bonds is 7. The first-order valence-electron chi connectivity index (χ1n) is 7.09. The van der Waals surface area contributed by atoms with Gasteiger partial charge in [-0.05, 0) is 43.2 Å². The second-order valence-corrected chi connectivity index (χ2v) is 5.01. The summed E-state index contributed by atoms with van der Waals surface area (Å²) in [7, 11) is 1.71. The van der Waals surface area contributed by atoms with Gasteiger partial charge >= 0.3 is 0 Å². The molecule has 0 atom stereocenters. The second-order valence-electron chi connectivity index (χ2n) is 5.01. The van der Waals surface area contributed by atoms with Gasteiger partial charge in [0.05, 0.1) is 12.8 Å². The standard InChI is InChI=1S/C17H22N2O2/c1-13-10-15(11-18-8-9-20-3)5-7-17(13)21-16-6-4-14(2)19-12-16/h4-7,10,12,18H,8-9,11H2,1-3H3. The Labute approximate surface area is 126 Å². The summed E-state index contributed by atoms with van der Waals surface area (Å²) in [5.74, 6) is 1.62. The molecule has 0 spiro atoms. The SMILES string of the molecule is COCCNCc1ccc(Oc2ccc(C)nc2)c(C)c1. The normalized spacial score (nSPS) is 10.6. The van der Waals surface area contributed by atoms with Gasteiger partial charge in [0.1, 0.15) is 11.5 Å². The number of nitrogens with one attached hydrogen (secondary N) is 1. The van der Waals surface area contributed by atoms with Gasteiger partial charge in [0.2, 0.25) is 0 Å². The van der Waals surface area contributed by atoms with E-state index in [0.29, 0.717) is 0 Å². The average molecular weight is 286 g/mol. The molecule has 4 heteroatoms. The highest BCUT2D eigenvalue weighted by atomic mass is 16.5. The Hall–Kier alpha value is -1.91. The Morgan fingerprint density at radius 3 is 2.67 bits per heavy atom. The molecule has 0 amide bonds. The highest BCUT2D eigenvalue weighted by molar-refractivity contribution is 5.39. The first kappa shape index (κ1) is 15.5. The van der Waals surface area contributed by atoms with Crippen LogP contribution in [0.2, 0.25) is 0 Å². The highest BCUT2D eigenvalue weighted by Crippen LogP contribution is 2.25. The molecule has 4 nitrogen and oxygen atoms in total. The molecular weight excluding hydrogens is 264 g/mol. The fourth-order valence-electron chi connectivity index (χ4n) is 1.98. The minimum atomic E-state index is 0.723. The van der Waals surface area contributed by atoms with Crippen LogP contribution in [0.15, 0.2) is 36.5 Å². The molecule has 0 radical (unpaired) electrons. The van der Waals surface area contributed by atoms with Crippen molar-refractivity contribution in [1.82, 2.24) is 10.3 Å². The Kier molecular flexibility index (Phi) is 5.72. The van der Waals surface area contributed by atoms with Crippen molar-refractivity contribution < 1.29 is 9.47 Å². The van der Waals surface area contributed by atoms with Gasteiger partial charge in [-0.2, -0.15) is 0 Å². The molecule has 0 unspecified atom stereocenters. The lowest BCUT2D eigenvalue weighted by molar-refractivity contribution is 0.199. The number of hydrogen-bond donors (Lipinski definition) is 1. The van der Waals surface area contributed by atoms with Crippen LogP contribution < -0.4 is 10.1 Å². The molecule has 1 aromatic heterocycles. The lowest BCUT2D eigenvalue weighted by atomic mass is 10.1. The number of nitrogens with zero attached hydrogens (tertiary/aromatic N) is 1. The van der Waals surface area contributed by atoms with Crippen LogP contribution >= 0.6 is 0 Å². The predicted molar refractivity (Wildman–Crippen MR) is 83.8 cm³/mol. The summed E-state index contributed by atoms with van der Waals surface area (Å²) in [5.41, 5.74) is 3.33. The Morgan fingerprint density at radius 1 is 1.14 bits per heavy atom. The fraction of sp³-hybridized carbons (Fsp3) is 0.353. The van der Waals surface area contributed by atoms with Gasteiger partial charge in [0.25, 0.3) is 0 Å². The van der Waals surface area contributed by atoms with Gasteiger partial charge in [-0.3, -0.25) is 4.98 Å². The van der Waals surface area contributed by atoms with Gasteiger partial charge in [-0.25, -0.2) is 0 Å². The quantitative estimate of drug-likeness (QED) is 0.794. The molecule has 1 N–H and O–H groups in total. The van der Waals surface area contributed by atoms with E-state index in [1.165, 1.54) is 5.56 Å². The molecule has 21 heavy (non-hydrogen) atoms. The molecular formula is C17H22N2O2. The topological polar surface area (TPSA) is 43.4 Å². The molecule has 0 saturated heterocycles. The van der Waals surface area contributed by atoms with Crippen molar-refractivity contribution in [2.24, 2.45) is 0 Å². The number of benzene rings is 1. The van der Waals surface area contributed by atoms with Crippen LogP contribution in [0.25, 0.3) is 0 Å². The molecule has 0 aliphatic heterocycles. The van der Waals surface area contributed by atoms with E-state index in [4.69, 9.17) is 9.47 Å². The molecule has 0 aliphatic carbocycles. The third kappa shape index (κ3) is 4.85. The summed E-state index contributed by atoms with van der Waals surface area (Å²) >= 11 is 0. The van der Waals surface area contributed by atoms with E-state index in [1.54, 1.807) is 13.3 Å². The zero-order valence-corrected chi connectivity index (χ0v) is 12.8. The van der Waals surface area contributed by atoms with Crippen molar-refractivity contribution in [3.8, 4) is 11.5 Å². The van der Waals surface area contributed by atoms with Crippen molar-refractivity contribution in [2.45, 2.75) is 20.4 Å². The maximum Gasteiger partial charge on any atom is 0.145 e. The van der Waals surface area contributed by atoms with E-state index in [-0.39, 0.29) is 0 Å². The van der Waals surface area contributed by atoms with E-state index in [2.05, 4.69) is 29.4 Å². The molecule has 1 heterocycles. The van der Waals surface area contributed by atoms with Crippen LogP contribution in [-0.4, -0.2) is 25.2 Å². The van der Waals surface area contributed by atoms with Crippen molar-refractivity contribution in [1.29, 1.82) is 0 Å². The maximum atomic E-state index is 5.86. The molecule has 2 aromatic rings. The average Bonchev–Trinajstić information content (AvgIpc) is 2.48. The molecule has 0 aliphatic rings. The van der Waals surface area contributed by atoms with E-state index in [0.717, 1.165) is 42.5 Å².